The summed E-state index contributed by atoms with van der Waals surface area (Å²) in [6.07, 6.45) is 5.40. The SMILES string of the molecule is CCCC[C@H](CC)CNC(=O)[C@@H](C)N(c1ccc(Cl)cc1)S(C)(=O)=O. The standard InChI is InChI=1S/C18H29ClN2O3S/c1-5-7-8-15(6-2)13-20-18(22)14(3)21(25(4,23)24)17-11-9-16(19)10-12-17/h9-12,14-15H,5-8,13H2,1-4H3,(H,20,22)/t14-,15+/m1/s1. The van der Waals surface area contributed by atoms with Crippen molar-refractivity contribution in [1.82, 2.24) is 5.32 Å². The summed E-state index contributed by atoms with van der Waals surface area (Å²) in [5, 5.41) is 3.42. The molecule has 0 aliphatic heterocycles. The van der Waals surface area contributed by atoms with Crippen molar-refractivity contribution in [3.05, 3.63) is 29.3 Å². The number of nitrogens with one attached hydrogen (secondary N) is 1. The molecule has 1 N–H and O–H groups in total. The maximum Gasteiger partial charge on any atom is 0.243 e. The first kappa shape index (κ1) is 21.8. The minimum absolute atomic E-state index is 0.296. The molecular formula is C18H29ClN2O3S. The fourth-order valence-electron chi connectivity index (χ4n) is 2.73. The number of carbonyl (C=O) groups is 1. The van der Waals surface area contributed by atoms with Crippen LogP contribution in [0, 0.1) is 5.92 Å². The van der Waals surface area contributed by atoms with Gasteiger partial charge < -0.3 is 5.32 Å². The van der Waals surface area contributed by atoms with Gasteiger partial charge in [-0.1, -0.05) is 44.7 Å². The van der Waals surface area contributed by atoms with E-state index in [1.165, 1.54) is 0 Å². The number of halogens is 1. The Morgan fingerprint density at radius 3 is 2.32 bits per heavy atom. The lowest BCUT2D eigenvalue weighted by Crippen LogP contribution is -2.48. The van der Waals surface area contributed by atoms with Crippen LogP contribution < -0.4 is 9.62 Å². The van der Waals surface area contributed by atoms with E-state index in [2.05, 4.69) is 19.2 Å². The normalized spacial score (nSPS) is 14.0. The first-order chi connectivity index (χ1) is 11.7. The van der Waals surface area contributed by atoms with E-state index in [4.69, 9.17) is 11.6 Å². The zero-order chi connectivity index (χ0) is 19.0. The molecule has 5 nitrogen and oxygen atoms in total. The monoisotopic (exact) mass is 388 g/mol. The van der Waals surface area contributed by atoms with Crippen molar-refractivity contribution in [3.8, 4) is 0 Å². The number of benzene rings is 1. The molecule has 0 heterocycles. The van der Waals surface area contributed by atoms with Crippen molar-refractivity contribution in [2.45, 2.75) is 52.5 Å². The molecule has 1 aromatic carbocycles. The molecule has 25 heavy (non-hydrogen) atoms. The van der Waals surface area contributed by atoms with Gasteiger partial charge in [0.25, 0.3) is 0 Å². The number of hydrogen-bond acceptors (Lipinski definition) is 3. The van der Waals surface area contributed by atoms with E-state index in [1.807, 2.05) is 0 Å². The van der Waals surface area contributed by atoms with Crippen molar-refractivity contribution >= 4 is 33.2 Å². The summed E-state index contributed by atoms with van der Waals surface area (Å²) in [5.74, 6) is 0.119. The molecule has 0 aliphatic carbocycles. The van der Waals surface area contributed by atoms with Crippen LogP contribution >= 0.6 is 11.6 Å². The minimum atomic E-state index is -3.60. The van der Waals surface area contributed by atoms with Crippen molar-refractivity contribution in [2.24, 2.45) is 5.92 Å². The highest BCUT2D eigenvalue weighted by atomic mass is 35.5. The Hall–Kier alpha value is -1.27. The van der Waals surface area contributed by atoms with Crippen LogP contribution in [0.25, 0.3) is 0 Å². The maximum absolute atomic E-state index is 12.5. The number of sulfonamides is 1. The van der Waals surface area contributed by atoms with Gasteiger partial charge in [0.1, 0.15) is 6.04 Å². The summed E-state index contributed by atoms with van der Waals surface area (Å²) in [6.45, 7) is 6.41. The molecule has 0 aliphatic rings. The molecule has 0 radical (unpaired) electrons. The van der Waals surface area contributed by atoms with Crippen LogP contribution in [0.15, 0.2) is 24.3 Å². The molecular weight excluding hydrogens is 360 g/mol. The Morgan fingerprint density at radius 1 is 1.24 bits per heavy atom. The number of anilines is 1. The van der Waals surface area contributed by atoms with Crippen LogP contribution in [0.3, 0.4) is 0 Å². The quantitative estimate of drug-likeness (QED) is 0.662. The minimum Gasteiger partial charge on any atom is -0.354 e. The number of carbonyl (C=O) groups excluding carboxylic acids is 1. The number of rotatable bonds is 10. The van der Waals surface area contributed by atoms with Crippen molar-refractivity contribution in [2.75, 3.05) is 17.1 Å². The topological polar surface area (TPSA) is 66.5 Å². The van der Waals surface area contributed by atoms with Crippen LogP contribution in [0.4, 0.5) is 5.69 Å². The summed E-state index contributed by atoms with van der Waals surface area (Å²) >= 11 is 5.87. The Balaban J connectivity index is 2.85. The molecule has 0 fully saturated rings. The largest absolute Gasteiger partial charge is 0.354 e. The number of hydrogen-bond donors (Lipinski definition) is 1. The van der Waals surface area contributed by atoms with Crippen molar-refractivity contribution < 1.29 is 13.2 Å². The third kappa shape index (κ3) is 6.86. The lowest BCUT2D eigenvalue weighted by molar-refractivity contribution is -0.122. The maximum atomic E-state index is 12.5. The molecule has 0 aromatic heterocycles. The van der Waals surface area contributed by atoms with Gasteiger partial charge in [-0.15, -0.1) is 0 Å². The van der Waals surface area contributed by atoms with Gasteiger partial charge in [-0.3, -0.25) is 9.10 Å². The highest BCUT2D eigenvalue weighted by molar-refractivity contribution is 7.92. The lowest BCUT2D eigenvalue weighted by atomic mass is 9.99. The Labute approximate surface area is 156 Å². The van der Waals surface area contributed by atoms with Gasteiger partial charge >= 0.3 is 0 Å². The fraction of sp³-hybridized carbons (Fsp3) is 0.611. The van der Waals surface area contributed by atoms with E-state index < -0.39 is 16.1 Å². The summed E-state index contributed by atoms with van der Waals surface area (Å²) in [7, 11) is -3.60. The first-order valence-corrected chi connectivity index (χ1v) is 11.0. The summed E-state index contributed by atoms with van der Waals surface area (Å²) < 4.78 is 25.6. The smallest absolute Gasteiger partial charge is 0.243 e. The molecule has 1 rings (SSSR count). The second-order valence-electron chi connectivity index (χ2n) is 6.37. The zero-order valence-corrected chi connectivity index (χ0v) is 17.0. The van der Waals surface area contributed by atoms with Gasteiger partial charge in [-0.2, -0.15) is 0 Å². The Morgan fingerprint density at radius 2 is 1.84 bits per heavy atom. The van der Waals surface area contributed by atoms with Gasteiger partial charge in [0, 0.05) is 11.6 Å². The molecule has 1 aromatic rings. The van der Waals surface area contributed by atoms with E-state index >= 15 is 0 Å². The average molecular weight is 389 g/mol. The summed E-state index contributed by atoms with van der Waals surface area (Å²) in [5.41, 5.74) is 0.424. The van der Waals surface area contributed by atoms with E-state index in [-0.39, 0.29) is 5.91 Å². The van der Waals surface area contributed by atoms with Gasteiger partial charge in [0.05, 0.1) is 11.9 Å². The molecule has 0 saturated heterocycles. The number of amides is 1. The first-order valence-electron chi connectivity index (χ1n) is 8.73. The molecule has 0 spiro atoms. The van der Waals surface area contributed by atoms with Crippen LogP contribution in [0.1, 0.15) is 46.5 Å². The van der Waals surface area contributed by atoms with Crippen LogP contribution in [-0.2, 0) is 14.8 Å². The summed E-state index contributed by atoms with van der Waals surface area (Å²) in [6, 6.07) is 5.58. The van der Waals surface area contributed by atoms with E-state index in [0.717, 1.165) is 36.2 Å². The number of nitrogens with zero attached hydrogens (tertiary/aromatic N) is 1. The molecule has 142 valence electrons. The van der Waals surface area contributed by atoms with Gasteiger partial charge in [-0.05, 0) is 43.5 Å². The van der Waals surface area contributed by atoms with Crippen LogP contribution in [0.5, 0.6) is 0 Å². The molecule has 0 bridgehead atoms. The predicted molar refractivity (Wildman–Crippen MR) is 105 cm³/mol. The Bertz CT molecular complexity index is 647. The van der Waals surface area contributed by atoms with Gasteiger partial charge in [-0.25, -0.2) is 8.42 Å². The van der Waals surface area contributed by atoms with Gasteiger partial charge in [0.2, 0.25) is 15.9 Å². The average Bonchev–Trinajstić information content (AvgIpc) is 2.55. The second kappa shape index (κ2) is 10.0. The lowest BCUT2D eigenvalue weighted by Gasteiger charge is -2.28. The third-order valence-electron chi connectivity index (χ3n) is 4.28. The number of unbranched alkanes of at least 4 members (excludes halogenated alkanes) is 1. The van der Waals surface area contributed by atoms with Crippen LogP contribution in [0.2, 0.25) is 5.02 Å². The van der Waals surface area contributed by atoms with E-state index in [9.17, 15) is 13.2 Å². The molecule has 0 saturated carbocycles. The van der Waals surface area contributed by atoms with Gasteiger partial charge in [0.15, 0.2) is 0 Å². The predicted octanol–water partition coefficient (Wildman–Crippen LogP) is 3.83. The second-order valence-corrected chi connectivity index (χ2v) is 8.67. The highest BCUT2D eigenvalue weighted by Crippen LogP contribution is 2.23. The van der Waals surface area contributed by atoms with Crippen molar-refractivity contribution in [3.63, 3.8) is 0 Å². The third-order valence-corrected chi connectivity index (χ3v) is 5.77. The molecule has 7 heteroatoms. The van der Waals surface area contributed by atoms with E-state index in [1.54, 1.807) is 31.2 Å². The van der Waals surface area contributed by atoms with Crippen molar-refractivity contribution in [1.29, 1.82) is 0 Å². The molecule has 0 unspecified atom stereocenters. The van der Waals surface area contributed by atoms with E-state index in [0.29, 0.717) is 23.2 Å². The fourth-order valence-corrected chi connectivity index (χ4v) is 4.03. The molecule has 2 atom stereocenters. The zero-order valence-electron chi connectivity index (χ0n) is 15.5. The summed E-state index contributed by atoms with van der Waals surface area (Å²) in [4.78, 5) is 12.5. The highest BCUT2D eigenvalue weighted by Gasteiger charge is 2.29. The molecule has 1 amide bonds. The van der Waals surface area contributed by atoms with Crippen LogP contribution in [-0.4, -0.2) is 33.2 Å². The Kier molecular flexibility index (Phi) is 8.73.